The van der Waals surface area contributed by atoms with Crippen molar-refractivity contribution >= 4 is 31.8 Å². The highest BCUT2D eigenvalue weighted by atomic mass is 32.2. The summed E-state index contributed by atoms with van der Waals surface area (Å²) in [6.07, 6.45) is 0.513. The van der Waals surface area contributed by atoms with Crippen LogP contribution in [0.4, 0.5) is 0 Å². The molecule has 176 valence electrons. The number of sulfonamides is 2. The van der Waals surface area contributed by atoms with Gasteiger partial charge in [-0.3, -0.25) is 4.79 Å². The third kappa shape index (κ3) is 4.66. The molecule has 0 aliphatic carbocycles. The fourth-order valence-corrected chi connectivity index (χ4v) is 6.71. The van der Waals surface area contributed by atoms with Gasteiger partial charge in [0, 0.05) is 38.8 Å². The Morgan fingerprint density at radius 1 is 1.03 bits per heavy atom. The van der Waals surface area contributed by atoms with Crippen LogP contribution >= 0.6 is 0 Å². The predicted molar refractivity (Wildman–Crippen MR) is 124 cm³/mol. The van der Waals surface area contributed by atoms with Gasteiger partial charge in [-0.2, -0.15) is 12.7 Å². The number of carbonyl (C=O) groups is 1. The van der Waals surface area contributed by atoms with Crippen LogP contribution in [0.25, 0.3) is 0 Å². The Morgan fingerprint density at radius 3 is 2.45 bits per heavy atom. The molecule has 2 aliphatic rings. The van der Waals surface area contributed by atoms with Gasteiger partial charge in [0.25, 0.3) is 10.0 Å². The fraction of sp³-hybridized carbons (Fsp3) is 0.364. The number of rotatable bonds is 4. The molecule has 1 fully saturated rings. The Bertz CT molecular complexity index is 1300. The SMILES string of the molecule is Cc1ccc(S(=O)(=O)N2CCCN(C(=O)CN(C)C3=NS(=O)(=O)c4ccccc43)CC2)cc1. The largest absolute Gasteiger partial charge is 0.349 e. The summed E-state index contributed by atoms with van der Waals surface area (Å²) in [6, 6.07) is 13.2. The minimum atomic E-state index is -3.77. The normalized spacial score (nSPS) is 18.4. The number of aryl methyl sites for hydroxylation is 1. The summed E-state index contributed by atoms with van der Waals surface area (Å²) in [5, 5.41) is 0. The van der Waals surface area contributed by atoms with Crippen LogP contribution in [0.2, 0.25) is 0 Å². The van der Waals surface area contributed by atoms with Crippen LogP contribution in [0.5, 0.6) is 0 Å². The van der Waals surface area contributed by atoms with Crippen LogP contribution < -0.4 is 0 Å². The standard InChI is InChI=1S/C22H26N4O5S2/c1-17-8-10-18(11-9-17)33(30,31)26-13-5-12-25(14-15-26)21(27)16-24(2)22-19-6-3-4-7-20(19)32(28,29)23-22/h3-4,6-11H,5,12-16H2,1-2H3. The second-order valence-electron chi connectivity index (χ2n) is 8.19. The molecule has 11 heteroatoms. The molecule has 33 heavy (non-hydrogen) atoms. The highest BCUT2D eigenvalue weighted by Gasteiger charge is 2.32. The third-order valence-corrected chi connectivity index (χ3v) is 9.05. The van der Waals surface area contributed by atoms with Gasteiger partial charge < -0.3 is 9.80 Å². The highest BCUT2D eigenvalue weighted by molar-refractivity contribution is 7.90. The van der Waals surface area contributed by atoms with Gasteiger partial charge in [-0.25, -0.2) is 8.42 Å². The first-order chi connectivity index (χ1) is 15.6. The van der Waals surface area contributed by atoms with E-state index in [-0.39, 0.29) is 41.2 Å². The summed E-state index contributed by atoms with van der Waals surface area (Å²) in [4.78, 5) is 16.5. The number of carbonyl (C=O) groups excluding carboxylic acids is 1. The summed E-state index contributed by atoms with van der Waals surface area (Å²) in [5.41, 5.74) is 1.45. The maximum Gasteiger partial charge on any atom is 0.285 e. The first-order valence-corrected chi connectivity index (χ1v) is 13.5. The Labute approximate surface area is 194 Å². The number of amides is 1. The zero-order valence-corrected chi connectivity index (χ0v) is 20.1. The van der Waals surface area contributed by atoms with Crippen molar-refractivity contribution in [1.82, 2.24) is 14.1 Å². The van der Waals surface area contributed by atoms with Gasteiger partial charge in [0.15, 0.2) is 5.84 Å². The molecule has 0 saturated carbocycles. The van der Waals surface area contributed by atoms with Crippen molar-refractivity contribution in [3.63, 3.8) is 0 Å². The van der Waals surface area contributed by atoms with Gasteiger partial charge in [0.2, 0.25) is 15.9 Å². The van der Waals surface area contributed by atoms with E-state index in [1.165, 1.54) is 15.3 Å². The lowest BCUT2D eigenvalue weighted by atomic mass is 10.2. The zero-order chi connectivity index (χ0) is 23.8. The van der Waals surface area contributed by atoms with E-state index in [1.54, 1.807) is 54.4 Å². The quantitative estimate of drug-likeness (QED) is 0.639. The average molecular weight is 491 g/mol. The maximum absolute atomic E-state index is 13.0. The van der Waals surface area contributed by atoms with E-state index in [4.69, 9.17) is 0 Å². The molecule has 1 amide bonds. The Morgan fingerprint density at radius 2 is 1.73 bits per heavy atom. The van der Waals surface area contributed by atoms with Crippen molar-refractivity contribution in [3.8, 4) is 0 Å². The first-order valence-electron chi connectivity index (χ1n) is 10.6. The lowest BCUT2D eigenvalue weighted by molar-refractivity contribution is -0.131. The van der Waals surface area contributed by atoms with E-state index in [0.717, 1.165) is 5.56 Å². The molecule has 2 aromatic carbocycles. The van der Waals surface area contributed by atoms with Gasteiger partial charge in [-0.1, -0.05) is 29.8 Å². The second kappa shape index (κ2) is 8.88. The molecular weight excluding hydrogens is 464 g/mol. The van der Waals surface area contributed by atoms with E-state index >= 15 is 0 Å². The van der Waals surface area contributed by atoms with E-state index in [2.05, 4.69) is 4.40 Å². The smallest absolute Gasteiger partial charge is 0.285 e. The lowest BCUT2D eigenvalue weighted by Gasteiger charge is -2.25. The van der Waals surface area contributed by atoms with Crippen molar-refractivity contribution in [3.05, 3.63) is 59.7 Å². The van der Waals surface area contributed by atoms with Gasteiger partial charge in [-0.05, 0) is 37.6 Å². The molecule has 2 aromatic rings. The molecule has 0 spiro atoms. The molecule has 0 atom stereocenters. The number of fused-ring (bicyclic) bond motifs is 1. The molecule has 4 rings (SSSR count). The minimum absolute atomic E-state index is 0.0621. The number of likely N-dealkylation sites (N-methyl/N-ethyl adjacent to an activating group) is 1. The van der Waals surface area contributed by atoms with Crippen LogP contribution in [0.1, 0.15) is 17.5 Å². The van der Waals surface area contributed by atoms with Crippen molar-refractivity contribution in [1.29, 1.82) is 0 Å². The van der Waals surface area contributed by atoms with Gasteiger partial charge in [-0.15, -0.1) is 4.40 Å². The van der Waals surface area contributed by atoms with Gasteiger partial charge >= 0.3 is 0 Å². The fourth-order valence-electron chi connectivity index (χ4n) is 3.98. The highest BCUT2D eigenvalue weighted by Crippen LogP contribution is 2.27. The summed E-state index contributed by atoms with van der Waals surface area (Å²) in [5.74, 6) is 0.0221. The molecule has 0 radical (unpaired) electrons. The number of amidine groups is 1. The number of hydrogen-bond donors (Lipinski definition) is 0. The Balaban J connectivity index is 1.43. The predicted octanol–water partition coefficient (Wildman–Crippen LogP) is 1.30. The van der Waals surface area contributed by atoms with E-state index in [0.29, 0.717) is 25.1 Å². The third-order valence-electron chi connectivity index (χ3n) is 5.81. The molecular formula is C22H26N4O5S2. The molecule has 9 nitrogen and oxygen atoms in total. The Kier molecular flexibility index (Phi) is 6.30. The number of benzene rings is 2. The molecule has 2 aliphatic heterocycles. The second-order valence-corrected chi connectivity index (χ2v) is 11.7. The summed E-state index contributed by atoms with van der Waals surface area (Å²) in [7, 11) is -5.78. The minimum Gasteiger partial charge on any atom is -0.349 e. The van der Waals surface area contributed by atoms with Crippen LogP contribution in [0, 0.1) is 6.92 Å². The summed E-state index contributed by atoms with van der Waals surface area (Å²) < 4.78 is 55.8. The molecule has 0 unspecified atom stereocenters. The van der Waals surface area contributed by atoms with E-state index < -0.39 is 20.0 Å². The number of nitrogens with zero attached hydrogens (tertiary/aromatic N) is 4. The van der Waals surface area contributed by atoms with Gasteiger partial charge in [0.1, 0.15) is 4.90 Å². The monoisotopic (exact) mass is 490 g/mol. The maximum atomic E-state index is 13.0. The van der Waals surface area contributed by atoms with Crippen molar-refractivity contribution in [2.45, 2.75) is 23.1 Å². The lowest BCUT2D eigenvalue weighted by Crippen LogP contribution is -2.43. The van der Waals surface area contributed by atoms with Crippen molar-refractivity contribution in [2.24, 2.45) is 4.40 Å². The topological polar surface area (TPSA) is 107 Å². The van der Waals surface area contributed by atoms with Crippen LogP contribution in [-0.4, -0.2) is 82.5 Å². The van der Waals surface area contributed by atoms with E-state index in [1.807, 2.05) is 6.92 Å². The summed E-state index contributed by atoms with van der Waals surface area (Å²) >= 11 is 0. The molecule has 0 aromatic heterocycles. The van der Waals surface area contributed by atoms with Crippen LogP contribution in [0.15, 0.2) is 62.7 Å². The molecule has 2 heterocycles. The molecule has 0 N–H and O–H groups in total. The molecule has 0 bridgehead atoms. The Hall–Kier alpha value is -2.76. The van der Waals surface area contributed by atoms with Crippen molar-refractivity contribution < 1.29 is 21.6 Å². The first kappa shape index (κ1) is 23.4. The van der Waals surface area contributed by atoms with Crippen LogP contribution in [-0.2, 0) is 24.8 Å². The average Bonchev–Trinajstić information content (AvgIpc) is 2.93. The van der Waals surface area contributed by atoms with Crippen LogP contribution in [0.3, 0.4) is 0 Å². The molecule has 1 saturated heterocycles. The number of hydrogen-bond acceptors (Lipinski definition) is 6. The zero-order valence-electron chi connectivity index (χ0n) is 18.5. The van der Waals surface area contributed by atoms with E-state index in [9.17, 15) is 21.6 Å². The van der Waals surface area contributed by atoms with Crippen molar-refractivity contribution in [2.75, 3.05) is 39.8 Å². The van der Waals surface area contributed by atoms with Gasteiger partial charge in [0.05, 0.1) is 11.4 Å². The summed E-state index contributed by atoms with van der Waals surface area (Å²) in [6.45, 7) is 3.05.